The van der Waals surface area contributed by atoms with Gasteiger partial charge >= 0.3 is 0 Å². The van der Waals surface area contributed by atoms with Gasteiger partial charge in [-0.3, -0.25) is 0 Å². The molecule has 1 aromatic rings. The molecule has 0 aliphatic carbocycles. The third-order valence-corrected chi connectivity index (χ3v) is 2.07. The number of ether oxygens (including phenoxy) is 1. The first-order valence-electron chi connectivity index (χ1n) is 4.37. The largest absolute Gasteiger partial charge is 0.508 e. The summed E-state index contributed by atoms with van der Waals surface area (Å²) in [4.78, 5) is 6.30. The number of rotatable bonds is 0. The second-order valence-corrected chi connectivity index (χ2v) is 3.36. The van der Waals surface area contributed by atoms with Crippen LogP contribution in [0.4, 0.5) is 5.69 Å². The monoisotopic (exact) mass is 192 g/mol. The maximum atomic E-state index is 9.22. The lowest BCUT2D eigenvalue weighted by Crippen LogP contribution is -2.29. The molecule has 4 heteroatoms. The molecule has 1 heterocycles. The molecule has 0 radical (unpaired) electrons. The summed E-state index contributed by atoms with van der Waals surface area (Å²) in [7, 11) is 3.85. The molecule has 1 aliphatic rings. The standard InChI is InChI=1S/C10H12N2O2/c1-12(2)10-6-14-9-5-7(13)3-4-8(9)11-10/h3-5,13H,6H2,1-2H3. The van der Waals surface area contributed by atoms with Crippen LogP contribution in [0.25, 0.3) is 0 Å². The molecule has 14 heavy (non-hydrogen) atoms. The van der Waals surface area contributed by atoms with Crippen LogP contribution in [0.1, 0.15) is 0 Å². The van der Waals surface area contributed by atoms with Crippen molar-refractivity contribution in [3.8, 4) is 11.5 Å². The minimum Gasteiger partial charge on any atom is -0.508 e. The number of nitrogens with zero attached hydrogens (tertiary/aromatic N) is 2. The van der Waals surface area contributed by atoms with Gasteiger partial charge in [0.2, 0.25) is 0 Å². The van der Waals surface area contributed by atoms with E-state index in [2.05, 4.69) is 4.99 Å². The van der Waals surface area contributed by atoms with Gasteiger partial charge in [-0.2, -0.15) is 0 Å². The lowest BCUT2D eigenvalue weighted by Gasteiger charge is -2.21. The normalized spacial score (nSPS) is 14.0. The fourth-order valence-corrected chi connectivity index (χ4v) is 1.25. The number of fused-ring (bicyclic) bond motifs is 1. The van der Waals surface area contributed by atoms with Crippen molar-refractivity contribution in [2.45, 2.75) is 0 Å². The molecule has 0 amide bonds. The fraction of sp³-hybridized carbons (Fsp3) is 0.300. The van der Waals surface area contributed by atoms with E-state index in [0.717, 1.165) is 11.5 Å². The summed E-state index contributed by atoms with van der Waals surface area (Å²) in [5.74, 6) is 1.71. The van der Waals surface area contributed by atoms with E-state index < -0.39 is 0 Å². The number of hydrogen-bond acceptors (Lipinski definition) is 4. The van der Waals surface area contributed by atoms with E-state index in [0.29, 0.717) is 12.4 Å². The quantitative estimate of drug-likeness (QED) is 0.675. The van der Waals surface area contributed by atoms with E-state index in [1.54, 1.807) is 18.2 Å². The summed E-state index contributed by atoms with van der Waals surface area (Å²) < 4.78 is 5.45. The third-order valence-electron chi connectivity index (χ3n) is 2.07. The number of hydrogen-bond donors (Lipinski definition) is 1. The van der Waals surface area contributed by atoms with Gasteiger partial charge in [0.15, 0.2) is 0 Å². The lowest BCUT2D eigenvalue weighted by atomic mass is 10.2. The molecule has 1 aliphatic heterocycles. The number of aliphatic imine (C=N–C) groups is 1. The van der Waals surface area contributed by atoms with Crippen LogP contribution in [0.3, 0.4) is 0 Å². The van der Waals surface area contributed by atoms with E-state index in [9.17, 15) is 5.11 Å². The number of phenolic OH excluding ortho intramolecular Hbond substituents is 1. The van der Waals surface area contributed by atoms with Crippen molar-refractivity contribution in [1.82, 2.24) is 4.90 Å². The zero-order valence-electron chi connectivity index (χ0n) is 8.19. The predicted octanol–water partition coefficient (Wildman–Crippen LogP) is 1.38. The number of amidine groups is 1. The fourth-order valence-electron chi connectivity index (χ4n) is 1.25. The van der Waals surface area contributed by atoms with E-state index in [1.807, 2.05) is 19.0 Å². The first-order chi connectivity index (χ1) is 6.66. The smallest absolute Gasteiger partial charge is 0.149 e. The van der Waals surface area contributed by atoms with E-state index in [1.165, 1.54) is 0 Å². The van der Waals surface area contributed by atoms with Gasteiger partial charge < -0.3 is 14.7 Å². The van der Waals surface area contributed by atoms with Crippen molar-refractivity contribution >= 4 is 11.5 Å². The molecule has 0 atom stereocenters. The Morgan fingerprint density at radius 3 is 2.93 bits per heavy atom. The van der Waals surface area contributed by atoms with Crippen molar-refractivity contribution in [3.05, 3.63) is 18.2 Å². The second kappa shape index (κ2) is 3.21. The third kappa shape index (κ3) is 1.51. The van der Waals surface area contributed by atoms with Gasteiger partial charge in [0, 0.05) is 20.2 Å². The molecule has 2 rings (SSSR count). The first kappa shape index (κ1) is 8.87. The van der Waals surface area contributed by atoms with Crippen molar-refractivity contribution in [2.75, 3.05) is 20.7 Å². The molecule has 4 nitrogen and oxygen atoms in total. The summed E-state index contributed by atoms with van der Waals surface area (Å²) in [6, 6.07) is 4.92. The van der Waals surface area contributed by atoms with Crippen LogP contribution in [0.5, 0.6) is 11.5 Å². The van der Waals surface area contributed by atoms with Crippen LogP contribution in [-0.2, 0) is 0 Å². The highest BCUT2D eigenvalue weighted by atomic mass is 16.5. The van der Waals surface area contributed by atoms with Gasteiger partial charge in [0.05, 0.1) is 0 Å². The Labute approximate surface area is 82.4 Å². The van der Waals surface area contributed by atoms with Crippen LogP contribution < -0.4 is 4.74 Å². The SMILES string of the molecule is CN(C)C1=Nc2ccc(O)cc2OC1. The second-order valence-electron chi connectivity index (χ2n) is 3.36. The zero-order chi connectivity index (χ0) is 10.1. The Morgan fingerprint density at radius 2 is 2.21 bits per heavy atom. The lowest BCUT2D eigenvalue weighted by molar-refractivity contribution is 0.351. The minimum atomic E-state index is 0.201. The Kier molecular flexibility index (Phi) is 2.04. The van der Waals surface area contributed by atoms with Gasteiger partial charge in [0.1, 0.15) is 29.6 Å². The molecular formula is C10H12N2O2. The highest BCUT2D eigenvalue weighted by Crippen LogP contribution is 2.33. The molecule has 0 spiro atoms. The maximum absolute atomic E-state index is 9.22. The number of likely N-dealkylation sites (N-methyl/N-ethyl adjacent to an activating group) is 1. The molecule has 1 N–H and O–H groups in total. The van der Waals surface area contributed by atoms with Crippen LogP contribution in [0, 0.1) is 0 Å². The van der Waals surface area contributed by atoms with Gasteiger partial charge in [0.25, 0.3) is 0 Å². The molecule has 0 aromatic heterocycles. The van der Waals surface area contributed by atoms with Crippen LogP contribution in [0.2, 0.25) is 0 Å². The average molecular weight is 192 g/mol. The Hall–Kier alpha value is -1.71. The summed E-state index contributed by atoms with van der Waals surface area (Å²) in [5, 5.41) is 9.22. The Balaban J connectivity index is 2.40. The van der Waals surface area contributed by atoms with Crippen LogP contribution in [0.15, 0.2) is 23.2 Å². The maximum Gasteiger partial charge on any atom is 0.149 e. The van der Waals surface area contributed by atoms with E-state index >= 15 is 0 Å². The number of aromatic hydroxyl groups is 1. The van der Waals surface area contributed by atoms with Gasteiger partial charge in [-0.05, 0) is 12.1 Å². The summed E-state index contributed by atoms with van der Waals surface area (Å²) in [6.07, 6.45) is 0. The summed E-state index contributed by atoms with van der Waals surface area (Å²) in [5.41, 5.74) is 0.762. The number of benzene rings is 1. The zero-order valence-corrected chi connectivity index (χ0v) is 8.19. The van der Waals surface area contributed by atoms with Gasteiger partial charge in [-0.1, -0.05) is 0 Å². The Bertz CT molecular complexity index is 386. The molecule has 0 saturated carbocycles. The summed E-state index contributed by atoms with van der Waals surface area (Å²) >= 11 is 0. The van der Waals surface area contributed by atoms with Crippen molar-refractivity contribution in [2.24, 2.45) is 4.99 Å². The van der Waals surface area contributed by atoms with Crippen LogP contribution in [-0.4, -0.2) is 36.5 Å². The van der Waals surface area contributed by atoms with Crippen molar-refractivity contribution in [1.29, 1.82) is 0 Å². The van der Waals surface area contributed by atoms with E-state index in [-0.39, 0.29) is 5.75 Å². The van der Waals surface area contributed by atoms with Gasteiger partial charge in [-0.25, -0.2) is 4.99 Å². The highest BCUT2D eigenvalue weighted by molar-refractivity contribution is 5.88. The van der Waals surface area contributed by atoms with Gasteiger partial charge in [-0.15, -0.1) is 0 Å². The molecule has 0 fully saturated rings. The average Bonchev–Trinajstić information content (AvgIpc) is 2.16. The number of phenols is 1. The van der Waals surface area contributed by atoms with Crippen molar-refractivity contribution < 1.29 is 9.84 Å². The topological polar surface area (TPSA) is 45.1 Å². The molecule has 0 unspecified atom stereocenters. The highest BCUT2D eigenvalue weighted by Gasteiger charge is 2.14. The summed E-state index contributed by atoms with van der Waals surface area (Å²) in [6.45, 7) is 0.448. The minimum absolute atomic E-state index is 0.201. The Morgan fingerprint density at radius 1 is 1.43 bits per heavy atom. The van der Waals surface area contributed by atoms with Crippen LogP contribution >= 0.6 is 0 Å². The van der Waals surface area contributed by atoms with Crippen molar-refractivity contribution in [3.63, 3.8) is 0 Å². The molecule has 1 aromatic carbocycles. The molecule has 74 valence electrons. The predicted molar refractivity (Wildman–Crippen MR) is 54.4 cm³/mol. The van der Waals surface area contributed by atoms with E-state index in [4.69, 9.17) is 4.74 Å². The molecular weight excluding hydrogens is 180 g/mol. The first-order valence-corrected chi connectivity index (χ1v) is 4.37. The molecule has 0 bridgehead atoms. The molecule has 0 saturated heterocycles.